The molecule has 0 saturated carbocycles. The molecule has 7 nitrogen and oxygen atoms in total. The van der Waals surface area contributed by atoms with Gasteiger partial charge in [0.1, 0.15) is 0 Å². The number of nitrogens with one attached hydrogen (secondary N) is 2. The first kappa shape index (κ1) is 25.5. The van der Waals surface area contributed by atoms with E-state index in [9.17, 15) is 31.2 Å². The van der Waals surface area contributed by atoms with Gasteiger partial charge < -0.3 is 10.2 Å². The van der Waals surface area contributed by atoms with Gasteiger partial charge in [0, 0.05) is 35.9 Å². The fourth-order valence-electron chi connectivity index (χ4n) is 3.69. The SMILES string of the molecule is CCCS(=O)(=O)Nc1ccc(NC(=O)C2CCN(C(=O)c3ccc(C(F)(F)F)cc3)CC2)cc1. The number of anilines is 2. The van der Waals surface area contributed by atoms with E-state index in [0.717, 1.165) is 24.3 Å². The van der Waals surface area contributed by atoms with Crippen molar-refractivity contribution in [3.05, 3.63) is 59.7 Å². The number of benzene rings is 2. The van der Waals surface area contributed by atoms with Crippen molar-refractivity contribution in [1.29, 1.82) is 0 Å². The molecule has 34 heavy (non-hydrogen) atoms. The zero-order chi connectivity index (χ0) is 24.9. The molecular formula is C23H26F3N3O4S. The molecule has 1 aliphatic rings. The van der Waals surface area contributed by atoms with Crippen LogP contribution in [0, 0.1) is 5.92 Å². The zero-order valence-electron chi connectivity index (χ0n) is 18.6. The summed E-state index contributed by atoms with van der Waals surface area (Å²) in [5.74, 6) is -0.875. The summed E-state index contributed by atoms with van der Waals surface area (Å²) in [4.78, 5) is 26.7. The maximum atomic E-state index is 12.7. The van der Waals surface area contributed by atoms with Gasteiger partial charge in [0.25, 0.3) is 5.91 Å². The van der Waals surface area contributed by atoms with E-state index < -0.39 is 21.8 Å². The lowest BCUT2D eigenvalue weighted by atomic mass is 9.95. The van der Waals surface area contributed by atoms with Gasteiger partial charge in [-0.1, -0.05) is 6.92 Å². The molecule has 0 aliphatic carbocycles. The molecule has 11 heteroatoms. The summed E-state index contributed by atoms with van der Waals surface area (Å²) in [6, 6.07) is 10.4. The van der Waals surface area contributed by atoms with Crippen LogP contribution in [0.1, 0.15) is 42.1 Å². The summed E-state index contributed by atoms with van der Waals surface area (Å²) in [6.45, 7) is 2.40. The maximum Gasteiger partial charge on any atom is 0.416 e. The van der Waals surface area contributed by atoms with Gasteiger partial charge in [-0.15, -0.1) is 0 Å². The molecule has 1 aliphatic heterocycles. The number of nitrogens with zero attached hydrogens (tertiary/aromatic N) is 1. The molecule has 0 unspecified atom stereocenters. The van der Waals surface area contributed by atoms with Gasteiger partial charge in [-0.2, -0.15) is 13.2 Å². The molecule has 0 bridgehead atoms. The molecule has 1 heterocycles. The molecule has 2 aromatic rings. The Morgan fingerprint density at radius 3 is 2.06 bits per heavy atom. The van der Waals surface area contributed by atoms with Gasteiger partial charge in [-0.25, -0.2) is 8.42 Å². The second kappa shape index (κ2) is 10.5. The molecule has 1 fully saturated rings. The monoisotopic (exact) mass is 497 g/mol. The van der Waals surface area contributed by atoms with Gasteiger partial charge in [0.2, 0.25) is 15.9 Å². The quantitative estimate of drug-likeness (QED) is 0.595. The van der Waals surface area contributed by atoms with E-state index in [-0.39, 0.29) is 29.0 Å². The van der Waals surface area contributed by atoms with E-state index in [1.54, 1.807) is 31.2 Å². The van der Waals surface area contributed by atoms with Crippen molar-refractivity contribution in [3.63, 3.8) is 0 Å². The highest BCUT2D eigenvalue weighted by molar-refractivity contribution is 7.92. The second-order valence-corrected chi connectivity index (χ2v) is 9.97. The summed E-state index contributed by atoms with van der Waals surface area (Å²) in [6.07, 6.45) is -3.12. The Kier molecular flexibility index (Phi) is 7.86. The van der Waals surface area contributed by atoms with E-state index in [4.69, 9.17) is 0 Å². The normalized spacial score (nSPS) is 15.1. The number of piperidine rings is 1. The number of hydrogen-bond donors (Lipinski definition) is 2. The number of likely N-dealkylation sites (tertiary alicyclic amines) is 1. The Hall–Kier alpha value is -3.08. The van der Waals surface area contributed by atoms with Crippen molar-refractivity contribution in [2.45, 2.75) is 32.4 Å². The summed E-state index contributed by atoms with van der Waals surface area (Å²) in [5.41, 5.74) is 0.282. The fraction of sp³-hybridized carbons (Fsp3) is 0.391. The number of carbonyl (C=O) groups is 2. The molecule has 0 atom stereocenters. The first-order valence-corrected chi connectivity index (χ1v) is 12.5. The van der Waals surface area contributed by atoms with Crippen LogP contribution in [0.5, 0.6) is 0 Å². The number of amides is 2. The Bertz CT molecular complexity index is 1110. The number of rotatable bonds is 7. The van der Waals surface area contributed by atoms with Crippen molar-refractivity contribution >= 4 is 33.2 Å². The first-order chi connectivity index (χ1) is 16.0. The molecule has 2 N–H and O–H groups in total. The van der Waals surface area contributed by atoms with Gasteiger partial charge in [-0.05, 0) is 67.8 Å². The molecule has 0 radical (unpaired) electrons. The molecule has 184 valence electrons. The van der Waals surface area contributed by atoms with E-state index in [2.05, 4.69) is 10.0 Å². The highest BCUT2D eigenvalue weighted by Crippen LogP contribution is 2.29. The molecule has 0 spiro atoms. The predicted molar refractivity (Wildman–Crippen MR) is 123 cm³/mol. The summed E-state index contributed by atoms with van der Waals surface area (Å²) in [7, 11) is -3.40. The minimum Gasteiger partial charge on any atom is -0.339 e. The van der Waals surface area contributed by atoms with E-state index in [1.165, 1.54) is 4.90 Å². The van der Waals surface area contributed by atoms with Gasteiger partial charge in [0.05, 0.1) is 11.3 Å². The lowest BCUT2D eigenvalue weighted by molar-refractivity contribution is -0.137. The molecule has 0 aromatic heterocycles. The van der Waals surface area contributed by atoms with Crippen LogP contribution in [0.2, 0.25) is 0 Å². The Balaban J connectivity index is 1.51. The molecular weight excluding hydrogens is 471 g/mol. The van der Waals surface area contributed by atoms with Crippen LogP contribution in [0.4, 0.5) is 24.5 Å². The largest absolute Gasteiger partial charge is 0.416 e. The number of carbonyl (C=O) groups excluding carboxylic acids is 2. The van der Waals surface area contributed by atoms with Crippen molar-refractivity contribution in [3.8, 4) is 0 Å². The number of sulfonamides is 1. The highest BCUT2D eigenvalue weighted by Gasteiger charge is 2.31. The maximum absolute atomic E-state index is 12.7. The Labute approximate surface area is 196 Å². The van der Waals surface area contributed by atoms with Crippen LogP contribution in [0.15, 0.2) is 48.5 Å². The summed E-state index contributed by atoms with van der Waals surface area (Å²) in [5, 5.41) is 2.80. The Morgan fingerprint density at radius 2 is 1.53 bits per heavy atom. The third-order valence-corrected chi connectivity index (χ3v) is 7.00. The molecule has 2 aromatic carbocycles. The minimum atomic E-state index is -4.46. The average Bonchev–Trinajstić information content (AvgIpc) is 2.79. The smallest absolute Gasteiger partial charge is 0.339 e. The van der Waals surface area contributed by atoms with Crippen molar-refractivity contribution in [2.75, 3.05) is 28.9 Å². The number of halogens is 3. The van der Waals surface area contributed by atoms with Gasteiger partial charge in [0.15, 0.2) is 0 Å². The lowest BCUT2D eigenvalue weighted by Crippen LogP contribution is -2.41. The van der Waals surface area contributed by atoms with Crippen molar-refractivity contribution in [1.82, 2.24) is 4.90 Å². The third kappa shape index (κ3) is 6.72. The van der Waals surface area contributed by atoms with E-state index in [0.29, 0.717) is 43.7 Å². The van der Waals surface area contributed by atoms with Crippen molar-refractivity contribution < 1.29 is 31.2 Å². The third-order valence-electron chi connectivity index (χ3n) is 5.51. The topological polar surface area (TPSA) is 95.6 Å². The zero-order valence-corrected chi connectivity index (χ0v) is 19.4. The first-order valence-electron chi connectivity index (χ1n) is 10.9. The van der Waals surface area contributed by atoms with Crippen LogP contribution in [-0.2, 0) is 21.0 Å². The Morgan fingerprint density at radius 1 is 0.971 bits per heavy atom. The van der Waals surface area contributed by atoms with E-state index in [1.807, 2.05) is 0 Å². The highest BCUT2D eigenvalue weighted by atomic mass is 32.2. The average molecular weight is 498 g/mol. The summed E-state index contributed by atoms with van der Waals surface area (Å²) < 4.78 is 64.2. The number of hydrogen-bond acceptors (Lipinski definition) is 4. The summed E-state index contributed by atoms with van der Waals surface area (Å²) >= 11 is 0. The minimum absolute atomic E-state index is 0.0194. The van der Waals surface area contributed by atoms with Crippen LogP contribution >= 0.6 is 0 Å². The lowest BCUT2D eigenvalue weighted by Gasteiger charge is -2.31. The molecule has 3 rings (SSSR count). The standard InChI is InChI=1S/C23H26F3N3O4S/c1-2-15-34(32,33)28-20-9-7-19(8-10-20)27-21(30)16-11-13-29(14-12-16)22(31)17-3-5-18(6-4-17)23(24,25)26/h3-10,16,28H,2,11-15H2,1H3,(H,27,30). The van der Waals surface area contributed by atoms with E-state index >= 15 is 0 Å². The molecule has 2 amide bonds. The van der Waals surface area contributed by atoms with Crippen LogP contribution in [0.3, 0.4) is 0 Å². The van der Waals surface area contributed by atoms with Crippen molar-refractivity contribution in [2.24, 2.45) is 5.92 Å². The van der Waals surface area contributed by atoms with Gasteiger partial charge in [-0.3, -0.25) is 14.3 Å². The van der Waals surface area contributed by atoms with Crippen LogP contribution < -0.4 is 10.0 Å². The molecule has 1 saturated heterocycles. The van der Waals surface area contributed by atoms with Gasteiger partial charge >= 0.3 is 6.18 Å². The number of alkyl halides is 3. The second-order valence-electron chi connectivity index (χ2n) is 8.13. The van der Waals surface area contributed by atoms with Crippen LogP contribution in [-0.4, -0.2) is 44.0 Å². The van der Waals surface area contributed by atoms with Crippen LogP contribution in [0.25, 0.3) is 0 Å². The predicted octanol–water partition coefficient (Wildman–Crippen LogP) is 4.35. The fourth-order valence-corrected chi connectivity index (χ4v) is 4.83.